The number of imidazole rings is 2. The van der Waals surface area contributed by atoms with Crippen LogP contribution in [0.4, 0.5) is 5.82 Å². The fraction of sp³-hybridized carbons (Fsp3) is 0.450. The van der Waals surface area contributed by atoms with Gasteiger partial charge in [0.25, 0.3) is 0 Å². The minimum absolute atomic E-state index is 0.0387. The molecular weight excluding hydrogens is 620 g/mol. The Hall–Kier alpha value is -2.25. The van der Waals surface area contributed by atoms with E-state index in [1.54, 1.807) is 9.13 Å². The van der Waals surface area contributed by atoms with Crippen molar-refractivity contribution in [1.82, 2.24) is 34.4 Å². The molecule has 2 bridgehead atoms. The molecule has 21 heteroatoms. The van der Waals surface area contributed by atoms with Crippen LogP contribution >= 0.6 is 13.4 Å². The highest BCUT2D eigenvalue weighted by Crippen LogP contribution is 2.52. The SMILES string of the molecule is C=C1NC(N)=Nc2c1ncn2[C@@H]1O[C@@H]2COP(O)(=S)OCCn3c(nc4cncnc43)COP(O)(=S)O[C@@H]1[C@@H]2OC. The Kier molecular flexibility index (Phi) is 7.82. The van der Waals surface area contributed by atoms with Crippen LogP contribution in [-0.2, 0) is 64.3 Å². The number of hydrogen-bond donors (Lipinski definition) is 4. The minimum Gasteiger partial charge on any atom is -0.376 e. The summed E-state index contributed by atoms with van der Waals surface area (Å²) in [6, 6.07) is 0. The van der Waals surface area contributed by atoms with Crippen LogP contribution in [0.15, 0.2) is 30.4 Å². The average Bonchev–Trinajstić information content (AvgIpc) is 3.59. The third-order valence-electron chi connectivity index (χ3n) is 6.46. The molecule has 6 rings (SSSR count). The lowest BCUT2D eigenvalue weighted by Gasteiger charge is -2.28. The van der Waals surface area contributed by atoms with Crippen LogP contribution in [0.1, 0.15) is 17.7 Å². The van der Waals surface area contributed by atoms with E-state index in [1.165, 1.54) is 26.0 Å². The van der Waals surface area contributed by atoms with Gasteiger partial charge in [-0.15, -0.1) is 0 Å². The first kappa shape index (κ1) is 28.9. The number of methoxy groups -OCH3 is 1. The highest BCUT2D eigenvalue weighted by Gasteiger charge is 2.50. The molecule has 220 valence electrons. The molecule has 2 unspecified atom stereocenters. The molecule has 3 aliphatic heterocycles. The van der Waals surface area contributed by atoms with Crippen LogP contribution < -0.4 is 11.1 Å². The second-order valence-corrected chi connectivity index (χ2v) is 14.6. The van der Waals surface area contributed by atoms with E-state index in [0.29, 0.717) is 34.2 Å². The summed E-state index contributed by atoms with van der Waals surface area (Å²) in [5.74, 6) is 0.782. The molecule has 1 saturated heterocycles. The summed E-state index contributed by atoms with van der Waals surface area (Å²) in [4.78, 5) is 43.4. The lowest BCUT2D eigenvalue weighted by atomic mass is 10.1. The highest BCUT2D eigenvalue weighted by atomic mass is 32.5. The minimum atomic E-state index is -3.96. The summed E-state index contributed by atoms with van der Waals surface area (Å²) < 4.78 is 38.2. The van der Waals surface area contributed by atoms with E-state index in [4.69, 9.17) is 56.9 Å². The fourth-order valence-electron chi connectivity index (χ4n) is 4.73. The van der Waals surface area contributed by atoms with Gasteiger partial charge in [-0.2, -0.15) is 4.99 Å². The van der Waals surface area contributed by atoms with Gasteiger partial charge in [0.05, 0.1) is 31.4 Å². The van der Waals surface area contributed by atoms with Gasteiger partial charge in [0.15, 0.2) is 23.7 Å². The van der Waals surface area contributed by atoms with E-state index in [1.807, 2.05) is 0 Å². The van der Waals surface area contributed by atoms with Crippen LogP contribution in [0.2, 0.25) is 0 Å². The van der Waals surface area contributed by atoms with Crippen molar-refractivity contribution in [3.05, 3.63) is 36.9 Å². The topological polar surface area (TPSA) is 208 Å². The smallest absolute Gasteiger partial charge is 0.325 e. The molecule has 1 fully saturated rings. The van der Waals surface area contributed by atoms with Crippen LogP contribution in [-0.4, -0.2) is 83.5 Å². The molecule has 0 saturated carbocycles. The van der Waals surface area contributed by atoms with Crippen molar-refractivity contribution in [1.29, 1.82) is 0 Å². The van der Waals surface area contributed by atoms with Crippen molar-refractivity contribution in [2.24, 2.45) is 10.7 Å². The third kappa shape index (κ3) is 5.73. The highest BCUT2D eigenvalue weighted by molar-refractivity contribution is 8.07. The number of fused-ring (bicyclic) bond motifs is 6. The van der Waals surface area contributed by atoms with Gasteiger partial charge in [-0.05, 0) is 23.6 Å². The maximum absolute atomic E-state index is 11.2. The molecule has 3 aromatic rings. The zero-order valence-electron chi connectivity index (χ0n) is 21.3. The van der Waals surface area contributed by atoms with E-state index < -0.39 is 38.0 Å². The predicted molar refractivity (Wildman–Crippen MR) is 150 cm³/mol. The number of aliphatic imine (C=N–C) groups is 1. The molecule has 3 aromatic heterocycles. The standard InChI is InChI=1S/C20H25N9O8P2S2/c1-10-14-18(27-20(21)25-10)29(9-24-14)19-16-15(32-2)12(36-19)6-34-38(30,40)33-4-3-28-13(7-35-39(31,41)37-16)26-11-5-22-8-23-17(11)28/h5,8-9,12,15-16,19H,1,3-4,6-7H2,2H3,(H,30,40)(H,31,41)(H3,21,25,27)/t12-,15-,16-,19-,38?,39?/m1/s1. The molecule has 0 radical (unpaired) electrons. The molecule has 41 heavy (non-hydrogen) atoms. The summed E-state index contributed by atoms with van der Waals surface area (Å²) in [6.07, 6.45) is 0.565. The second-order valence-electron chi connectivity index (χ2n) is 9.01. The molecular formula is C20H25N9O8P2S2. The van der Waals surface area contributed by atoms with Gasteiger partial charge in [-0.1, -0.05) is 6.58 Å². The maximum atomic E-state index is 11.2. The number of aromatic nitrogens is 6. The summed E-state index contributed by atoms with van der Waals surface area (Å²) in [6.45, 7) is -4.09. The number of ether oxygens (including phenoxy) is 2. The van der Waals surface area contributed by atoms with Gasteiger partial charge < -0.3 is 48.4 Å². The lowest BCUT2D eigenvalue weighted by Crippen LogP contribution is -2.37. The van der Waals surface area contributed by atoms with E-state index in [-0.39, 0.29) is 32.3 Å². The Balaban J connectivity index is 1.38. The maximum Gasteiger partial charge on any atom is 0.325 e. The summed E-state index contributed by atoms with van der Waals surface area (Å²) >= 11 is 10.6. The summed E-state index contributed by atoms with van der Waals surface area (Å²) in [7, 11) is 1.43. The van der Waals surface area contributed by atoms with Gasteiger partial charge in [-0.25, -0.2) is 19.9 Å². The van der Waals surface area contributed by atoms with Crippen LogP contribution in [0.3, 0.4) is 0 Å². The van der Waals surface area contributed by atoms with Crippen LogP contribution in [0.5, 0.6) is 0 Å². The van der Waals surface area contributed by atoms with Gasteiger partial charge in [-0.3, -0.25) is 9.09 Å². The van der Waals surface area contributed by atoms with Crippen molar-refractivity contribution in [3.63, 3.8) is 0 Å². The Morgan fingerprint density at radius 1 is 1.22 bits per heavy atom. The van der Waals surface area contributed by atoms with E-state index >= 15 is 0 Å². The average molecular weight is 646 g/mol. The van der Waals surface area contributed by atoms with Gasteiger partial charge in [0.2, 0.25) is 0 Å². The van der Waals surface area contributed by atoms with E-state index in [9.17, 15) is 9.79 Å². The van der Waals surface area contributed by atoms with Crippen LogP contribution in [0.25, 0.3) is 16.9 Å². The van der Waals surface area contributed by atoms with Crippen molar-refractivity contribution in [2.75, 3.05) is 20.3 Å². The molecule has 6 atom stereocenters. The van der Waals surface area contributed by atoms with Crippen molar-refractivity contribution in [2.45, 2.75) is 37.7 Å². The number of hydrogen-bond acceptors (Lipinski definition) is 15. The molecule has 0 aromatic carbocycles. The molecule has 5 N–H and O–H groups in total. The third-order valence-corrected chi connectivity index (χ3v) is 9.62. The summed E-state index contributed by atoms with van der Waals surface area (Å²) in [5.41, 5.74) is 7.74. The Morgan fingerprint density at radius 2 is 2.05 bits per heavy atom. The van der Waals surface area contributed by atoms with Crippen LogP contribution in [0, 0.1) is 0 Å². The lowest BCUT2D eigenvalue weighted by molar-refractivity contribution is -0.0518. The monoisotopic (exact) mass is 645 g/mol. The Morgan fingerprint density at radius 3 is 2.85 bits per heavy atom. The predicted octanol–water partition coefficient (Wildman–Crippen LogP) is 0.538. The molecule has 0 aliphatic carbocycles. The first-order valence-electron chi connectivity index (χ1n) is 12.0. The molecule has 0 amide bonds. The number of nitrogens with two attached hydrogens (primary N) is 1. The summed E-state index contributed by atoms with van der Waals surface area (Å²) in [5, 5.41) is 2.82. The molecule has 3 aliphatic rings. The Bertz CT molecular complexity index is 1630. The zero-order valence-corrected chi connectivity index (χ0v) is 24.8. The van der Waals surface area contributed by atoms with Gasteiger partial charge >= 0.3 is 13.4 Å². The molecule has 6 heterocycles. The van der Waals surface area contributed by atoms with Gasteiger partial charge in [0.1, 0.15) is 48.3 Å². The quantitative estimate of drug-likeness (QED) is 0.280. The second kappa shape index (κ2) is 11.1. The van der Waals surface area contributed by atoms with Crippen molar-refractivity contribution >= 4 is 65.7 Å². The zero-order chi connectivity index (χ0) is 28.9. The first-order chi connectivity index (χ1) is 19.5. The molecule has 17 nitrogen and oxygen atoms in total. The number of nitrogens with one attached hydrogen (secondary N) is 1. The largest absolute Gasteiger partial charge is 0.376 e. The number of nitrogens with zero attached hydrogens (tertiary/aromatic N) is 7. The van der Waals surface area contributed by atoms with E-state index in [2.05, 4.69) is 36.8 Å². The van der Waals surface area contributed by atoms with Gasteiger partial charge in [0, 0.05) is 13.7 Å². The number of rotatable bonds is 2. The number of guanidine groups is 1. The fourth-order valence-corrected chi connectivity index (χ4v) is 7.19. The normalized spacial score (nSPS) is 32.9. The first-order valence-corrected chi connectivity index (χ1v) is 17.2. The molecule has 0 spiro atoms. The van der Waals surface area contributed by atoms with Crippen molar-refractivity contribution < 1.29 is 37.4 Å². The van der Waals surface area contributed by atoms with E-state index in [0.717, 1.165) is 0 Å². The Labute approximate surface area is 242 Å². The van der Waals surface area contributed by atoms with Crippen molar-refractivity contribution in [3.8, 4) is 0 Å².